The fraction of sp³-hybridized carbons (Fsp3) is 0.529. The first-order valence-electron chi connectivity index (χ1n) is 7.67. The number of hydrogen-bond acceptors (Lipinski definition) is 2. The molecule has 0 aliphatic rings. The zero-order valence-electron chi connectivity index (χ0n) is 14.1. The second kappa shape index (κ2) is 7.35. The van der Waals surface area contributed by atoms with Crippen molar-refractivity contribution < 1.29 is 19.8 Å². The maximum atomic E-state index is 11.5. The Bertz CT molecular complexity index is 539. The van der Waals surface area contributed by atoms with Crippen molar-refractivity contribution >= 4 is 12.2 Å². The summed E-state index contributed by atoms with van der Waals surface area (Å²) in [4.78, 5) is 22.7. The van der Waals surface area contributed by atoms with E-state index in [1.54, 1.807) is 0 Å². The Hall–Kier alpha value is -2.24. The molecule has 0 heterocycles. The minimum absolute atomic E-state index is 0.391. The highest BCUT2D eigenvalue weighted by Gasteiger charge is 2.49. The minimum atomic E-state index is -1.17. The van der Waals surface area contributed by atoms with Crippen LogP contribution in [0.1, 0.15) is 39.7 Å². The number of amides is 2. The molecule has 0 aliphatic carbocycles. The number of rotatable bonds is 6. The third-order valence-electron chi connectivity index (χ3n) is 4.29. The molecule has 0 saturated carbocycles. The van der Waals surface area contributed by atoms with E-state index in [1.807, 2.05) is 58.0 Å². The van der Waals surface area contributed by atoms with Gasteiger partial charge in [0.1, 0.15) is 0 Å². The largest absolute Gasteiger partial charge is 0.465 e. The van der Waals surface area contributed by atoms with Crippen molar-refractivity contribution in [1.82, 2.24) is 10.6 Å². The highest BCUT2D eigenvalue weighted by Crippen LogP contribution is 2.37. The number of carboxylic acid groups (broad SMARTS) is 2. The molecule has 4 N–H and O–H groups in total. The lowest BCUT2D eigenvalue weighted by molar-refractivity contribution is 0.0777. The molecule has 0 spiro atoms. The fourth-order valence-corrected chi connectivity index (χ4v) is 3.06. The van der Waals surface area contributed by atoms with Gasteiger partial charge in [-0.2, -0.15) is 0 Å². The molecule has 0 fully saturated rings. The molecule has 1 rings (SSSR count). The standard InChI is InChI=1S/C17H26N2O4/c1-5-13(18-14(20)21)17(16(2,3)4,19-15(22)23)11-12-9-7-6-8-10-12/h6-10,13,18-19H,5,11H2,1-4H3,(H,20,21)(H,22,23)/t13?,17-/m0/s1. The lowest BCUT2D eigenvalue weighted by Crippen LogP contribution is -2.69. The summed E-state index contributed by atoms with van der Waals surface area (Å²) in [6, 6.07) is 8.93. The lowest BCUT2D eigenvalue weighted by atomic mass is 9.65. The van der Waals surface area contributed by atoms with Crippen molar-refractivity contribution in [1.29, 1.82) is 0 Å². The fourth-order valence-electron chi connectivity index (χ4n) is 3.06. The van der Waals surface area contributed by atoms with E-state index in [0.29, 0.717) is 12.8 Å². The van der Waals surface area contributed by atoms with Crippen LogP contribution in [0.4, 0.5) is 9.59 Å². The molecular formula is C17H26N2O4. The summed E-state index contributed by atoms with van der Waals surface area (Å²) < 4.78 is 0. The Morgan fingerprint density at radius 1 is 1.09 bits per heavy atom. The van der Waals surface area contributed by atoms with Crippen LogP contribution in [-0.4, -0.2) is 34.0 Å². The molecule has 23 heavy (non-hydrogen) atoms. The number of carbonyl (C=O) groups is 2. The molecule has 0 saturated heterocycles. The van der Waals surface area contributed by atoms with E-state index < -0.39 is 29.2 Å². The van der Waals surface area contributed by atoms with E-state index >= 15 is 0 Å². The molecule has 0 radical (unpaired) electrons. The van der Waals surface area contributed by atoms with Crippen molar-refractivity contribution in [2.24, 2.45) is 5.41 Å². The third kappa shape index (κ3) is 4.61. The maximum Gasteiger partial charge on any atom is 0.405 e. The summed E-state index contributed by atoms with van der Waals surface area (Å²) in [6.07, 6.45) is -1.47. The monoisotopic (exact) mass is 322 g/mol. The molecule has 1 aromatic rings. The minimum Gasteiger partial charge on any atom is -0.465 e. The van der Waals surface area contributed by atoms with Gasteiger partial charge in [0.05, 0.1) is 11.6 Å². The summed E-state index contributed by atoms with van der Waals surface area (Å²) in [5, 5.41) is 23.7. The van der Waals surface area contributed by atoms with Crippen molar-refractivity contribution in [3.8, 4) is 0 Å². The maximum absolute atomic E-state index is 11.5. The topological polar surface area (TPSA) is 98.7 Å². The molecule has 1 aromatic carbocycles. The molecule has 0 bridgehead atoms. The average molecular weight is 322 g/mol. The molecule has 128 valence electrons. The number of hydrogen-bond donors (Lipinski definition) is 4. The van der Waals surface area contributed by atoms with Gasteiger partial charge in [-0.3, -0.25) is 0 Å². The summed E-state index contributed by atoms with van der Waals surface area (Å²) in [5.74, 6) is 0. The van der Waals surface area contributed by atoms with Gasteiger partial charge in [0.15, 0.2) is 0 Å². The van der Waals surface area contributed by atoms with Crippen molar-refractivity contribution in [2.45, 2.75) is 52.1 Å². The van der Waals surface area contributed by atoms with Gasteiger partial charge in [-0.1, -0.05) is 58.0 Å². The first-order valence-corrected chi connectivity index (χ1v) is 7.67. The molecule has 6 heteroatoms. The van der Waals surface area contributed by atoms with Crippen molar-refractivity contribution in [3.63, 3.8) is 0 Å². The van der Waals surface area contributed by atoms with Crippen molar-refractivity contribution in [2.75, 3.05) is 0 Å². The molecule has 2 atom stereocenters. The van der Waals surface area contributed by atoms with Crippen molar-refractivity contribution in [3.05, 3.63) is 35.9 Å². The summed E-state index contributed by atoms with van der Waals surface area (Å²) in [7, 11) is 0. The molecular weight excluding hydrogens is 296 g/mol. The second-order valence-electron chi connectivity index (χ2n) is 6.72. The summed E-state index contributed by atoms with van der Waals surface area (Å²) >= 11 is 0. The predicted molar refractivity (Wildman–Crippen MR) is 88.7 cm³/mol. The van der Waals surface area contributed by atoms with Crippen LogP contribution in [0.25, 0.3) is 0 Å². The van der Waals surface area contributed by atoms with Gasteiger partial charge >= 0.3 is 12.2 Å². The first-order chi connectivity index (χ1) is 10.6. The predicted octanol–water partition coefficient (Wildman–Crippen LogP) is 3.33. The zero-order chi connectivity index (χ0) is 17.7. The highest BCUT2D eigenvalue weighted by molar-refractivity contribution is 5.68. The van der Waals surface area contributed by atoms with Gasteiger partial charge in [0, 0.05) is 0 Å². The smallest absolute Gasteiger partial charge is 0.405 e. The Morgan fingerprint density at radius 3 is 2.04 bits per heavy atom. The van der Waals surface area contributed by atoms with E-state index in [9.17, 15) is 14.7 Å². The summed E-state index contributed by atoms with van der Waals surface area (Å²) in [6.45, 7) is 7.59. The van der Waals surface area contributed by atoms with Gasteiger partial charge in [-0.05, 0) is 23.8 Å². The van der Waals surface area contributed by atoms with E-state index in [4.69, 9.17) is 5.11 Å². The zero-order valence-corrected chi connectivity index (χ0v) is 14.1. The molecule has 0 aromatic heterocycles. The Kier molecular flexibility index (Phi) is 6.01. The average Bonchev–Trinajstić information content (AvgIpc) is 2.43. The van der Waals surface area contributed by atoms with Gasteiger partial charge in [0.25, 0.3) is 0 Å². The van der Waals surface area contributed by atoms with Crippen LogP contribution in [0.5, 0.6) is 0 Å². The number of benzene rings is 1. The summed E-state index contributed by atoms with van der Waals surface area (Å²) in [5.41, 5.74) is -0.542. The number of nitrogens with one attached hydrogen (secondary N) is 2. The third-order valence-corrected chi connectivity index (χ3v) is 4.29. The van der Waals surface area contributed by atoms with E-state index in [2.05, 4.69) is 10.6 Å². The van der Waals surface area contributed by atoms with Gasteiger partial charge in [-0.15, -0.1) is 0 Å². The highest BCUT2D eigenvalue weighted by atomic mass is 16.4. The van der Waals surface area contributed by atoms with Crippen LogP contribution in [0, 0.1) is 5.41 Å². The quantitative estimate of drug-likeness (QED) is 0.645. The van der Waals surface area contributed by atoms with E-state index in [0.717, 1.165) is 5.56 Å². The van der Waals surface area contributed by atoms with Crippen LogP contribution in [0.2, 0.25) is 0 Å². The van der Waals surface area contributed by atoms with Crippen LogP contribution in [0.15, 0.2) is 30.3 Å². The Labute approximate surface area is 136 Å². The normalized spacial score (nSPS) is 15.3. The van der Waals surface area contributed by atoms with Crippen LogP contribution in [-0.2, 0) is 6.42 Å². The van der Waals surface area contributed by atoms with Crippen LogP contribution < -0.4 is 10.6 Å². The molecule has 6 nitrogen and oxygen atoms in total. The van der Waals surface area contributed by atoms with Gasteiger partial charge < -0.3 is 20.8 Å². The van der Waals surface area contributed by atoms with Crippen LogP contribution in [0.3, 0.4) is 0 Å². The van der Waals surface area contributed by atoms with Gasteiger partial charge in [0.2, 0.25) is 0 Å². The Balaban J connectivity index is 3.39. The van der Waals surface area contributed by atoms with E-state index in [1.165, 1.54) is 0 Å². The second-order valence-corrected chi connectivity index (χ2v) is 6.72. The van der Waals surface area contributed by atoms with E-state index in [-0.39, 0.29) is 0 Å². The molecule has 0 aliphatic heterocycles. The van der Waals surface area contributed by atoms with Gasteiger partial charge in [-0.25, -0.2) is 9.59 Å². The Morgan fingerprint density at radius 2 is 1.65 bits per heavy atom. The first kappa shape index (κ1) is 18.8. The van der Waals surface area contributed by atoms with Crippen LogP contribution >= 0.6 is 0 Å². The molecule has 1 unspecified atom stereocenters. The SMILES string of the molecule is CCC(NC(=O)O)[C@](Cc1ccccc1)(NC(=O)O)C(C)(C)C. The molecule has 2 amide bonds. The lowest BCUT2D eigenvalue weighted by Gasteiger charge is -2.49.